The number of aryl methyl sites for hydroxylation is 2. The lowest BCUT2D eigenvalue weighted by Gasteiger charge is -2.40. The number of benzene rings is 3. The number of likely N-dealkylation sites (N-methyl/N-ethyl adjacent to an activating group) is 1. The Balaban J connectivity index is 1.44. The van der Waals surface area contributed by atoms with Crippen molar-refractivity contribution in [3.8, 4) is 0 Å². The molecule has 1 unspecified atom stereocenters. The number of alkyl halides is 1. The van der Waals surface area contributed by atoms with Crippen molar-refractivity contribution in [2.75, 3.05) is 25.1 Å². The summed E-state index contributed by atoms with van der Waals surface area (Å²) in [5.41, 5.74) is 2.33. The Morgan fingerprint density at radius 1 is 1.00 bits per heavy atom. The summed E-state index contributed by atoms with van der Waals surface area (Å²) in [6.45, 7) is 13.0. The molecule has 1 spiro atoms. The van der Waals surface area contributed by atoms with Gasteiger partial charge in [-0.25, -0.2) is 0 Å². The third-order valence-corrected chi connectivity index (χ3v) is 12.4. The Hall–Kier alpha value is -4.58. The zero-order valence-electron chi connectivity index (χ0n) is 31.8. The van der Waals surface area contributed by atoms with Crippen LogP contribution < -0.4 is 4.90 Å². The van der Waals surface area contributed by atoms with Gasteiger partial charge in [0.05, 0.1) is 36.6 Å². The van der Waals surface area contributed by atoms with E-state index in [1.807, 2.05) is 99.6 Å². The minimum atomic E-state index is -1.43. The highest BCUT2D eigenvalue weighted by Crippen LogP contribution is 2.62. The molecular weight excluding hydrogens is 762 g/mol. The van der Waals surface area contributed by atoms with Gasteiger partial charge in [-0.2, -0.15) is 0 Å². The molecule has 3 heterocycles. The molecule has 3 fully saturated rings. The molecule has 55 heavy (non-hydrogen) atoms. The third-order valence-electron chi connectivity index (χ3n) is 11.6. The van der Waals surface area contributed by atoms with Crippen LogP contribution in [0.3, 0.4) is 0 Å². The second-order valence-electron chi connectivity index (χ2n) is 14.8. The molecule has 0 aromatic heterocycles. The van der Waals surface area contributed by atoms with Crippen LogP contribution in [-0.2, 0) is 28.7 Å². The van der Waals surface area contributed by atoms with Gasteiger partial charge in [-0.3, -0.25) is 19.2 Å². The predicted octanol–water partition coefficient (Wildman–Crippen LogP) is 6.40. The van der Waals surface area contributed by atoms with Crippen LogP contribution >= 0.6 is 15.9 Å². The van der Waals surface area contributed by atoms with Crippen LogP contribution in [0.5, 0.6) is 0 Å². The number of fused-ring (bicyclic) bond motifs is 1. The molecule has 3 aromatic carbocycles. The van der Waals surface area contributed by atoms with Gasteiger partial charge < -0.3 is 29.3 Å². The van der Waals surface area contributed by atoms with Crippen molar-refractivity contribution in [3.05, 3.63) is 126 Å². The first kappa shape index (κ1) is 40.1. The number of rotatable bonds is 15. The summed E-state index contributed by atoms with van der Waals surface area (Å²) in [6, 6.07) is 21.4. The lowest BCUT2D eigenvalue weighted by molar-refractivity contribution is -0.165. The number of anilines is 1. The van der Waals surface area contributed by atoms with Crippen LogP contribution in [-0.4, -0.2) is 87.4 Å². The van der Waals surface area contributed by atoms with Gasteiger partial charge in [0.2, 0.25) is 11.8 Å². The molecule has 0 radical (unpaired) electrons. The van der Waals surface area contributed by atoms with Crippen LogP contribution in [0.1, 0.15) is 60.6 Å². The minimum absolute atomic E-state index is 0.126. The molecule has 11 heteroatoms. The van der Waals surface area contributed by atoms with E-state index >= 15 is 9.59 Å². The quantitative estimate of drug-likeness (QED) is 0.107. The number of amides is 3. The van der Waals surface area contributed by atoms with E-state index in [4.69, 9.17) is 9.47 Å². The van der Waals surface area contributed by atoms with Crippen LogP contribution in [0, 0.1) is 25.7 Å². The largest absolute Gasteiger partial charge is 0.455 e. The number of aliphatic hydroxyl groups is 1. The van der Waals surface area contributed by atoms with Gasteiger partial charge in [0, 0.05) is 30.5 Å². The average Bonchev–Trinajstić information content (AvgIpc) is 3.79. The van der Waals surface area contributed by atoms with Gasteiger partial charge >= 0.3 is 5.97 Å². The third kappa shape index (κ3) is 7.18. The van der Waals surface area contributed by atoms with E-state index in [0.29, 0.717) is 23.2 Å². The maximum Gasteiger partial charge on any atom is 0.313 e. The smallest absolute Gasteiger partial charge is 0.313 e. The number of carbonyl (C=O) groups is 4. The first-order valence-electron chi connectivity index (χ1n) is 18.8. The molecule has 3 aliphatic rings. The molecule has 0 aliphatic carbocycles. The number of hydrogen-bond acceptors (Lipinski definition) is 7. The lowest BCUT2D eigenvalue weighted by atomic mass is 9.70. The maximum atomic E-state index is 15.4. The van der Waals surface area contributed by atoms with Gasteiger partial charge in [0.15, 0.2) is 0 Å². The predicted molar refractivity (Wildman–Crippen MR) is 214 cm³/mol. The van der Waals surface area contributed by atoms with Gasteiger partial charge in [-0.15, -0.1) is 13.2 Å². The highest BCUT2D eigenvalue weighted by atomic mass is 79.9. The minimum Gasteiger partial charge on any atom is -0.455 e. The number of likely N-dealkylation sites (tertiary alicyclic amines) is 1. The van der Waals surface area contributed by atoms with Gasteiger partial charge in [0.25, 0.3) is 5.91 Å². The van der Waals surface area contributed by atoms with Crippen LogP contribution in [0.2, 0.25) is 0 Å². The summed E-state index contributed by atoms with van der Waals surface area (Å²) in [7, 11) is 1.68. The van der Waals surface area contributed by atoms with Crippen molar-refractivity contribution < 1.29 is 33.8 Å². The standard InChI is InChI=1S/C44H50BrN3O7/c1-7-9-23-34(50)46(6)29(5)38(31-21-14-11-15-22-31)54-43(53)35-36-41(51)48(33(26-49)30-19-12-10-13-20-30)40(44(36)25-32(45)39(35)55-44)42(52)47(24-8-2)37-27(3)17-16-18-28(37)4/h7-8,10-22,29,32-33,35-36,38-40,49H,1-2,9,23-26H2,3-6H3/t29-,32?,33+,35-,36+,38+,39-,40-,44+/m0/s1. The molecule has 1 N–H and O–H groups in total. The van der Waals surface area contributed by atoms with Crippen molar-refractivity contribution in [1.82, 2.24) is 9.80 Å². The van der Waals surface area contributed by atoms with E-state index in [9.17, 15) is 14.7 Å². The molecule has 3 aliphatic heterocycles. The first-order chi connectivity index (χ1) is 26.4. The lowest BCUT2D eigenvalue weighted by Crippen LogP contribution is -2.58. The second kappa shape index (κ2) is 16.6. The number of ether oxygens (including phenoxy) is 2. The number of hydrogen-bond donors (Lipinski definition) is 1. The molecule has 3 saturated heterocycles. The Labute approximate surface area is 331 Å². The van der Waals surface area contributed by atoms with Gasteiger partial charge in [0.1, 0.15) is 17.7 Å². The number of allylic oxidation sites excluding steroid dienone is 1. The summed E-state index contributed by atoms with van der Waals surface area (Å²) >= 11 is 3.78. The van der Waals surface area contributed by atoms with E-state index < -0.39 is 77.0 Å². The first-order valence-corrected chi connectivity index (χ1v) is 19.7. The van der Waals surface area contributed by atoms with Gasteiger partial charge in [-0.05, 0) is 55.9 Å². The molecule has 0 saturated carbocycles. The van der Waals surface area contributed by atoms with E-state index in [1.54, 1.807) is 29.0 Å². The van der Waals surface area contributed by atoms with E-state index in [2.05, 4.69) is 29.1 Å². The number of aliphatic hydroxyl groups excluding tert-OH is 1. The molecule has 2 bridgehead atoms. The molecular formula is C44H50BrN3O7. The summed E-state index contributed by atoms with van der Waals surface area (Å²) in [4.78, 5) is 62.8. The van der Waals surface area contributed by atoms with E-state index in [0.717, 1.165) is 11.1 Å². The average molecular weight is 813 g/mol. The fraction of sp³-hybridized carbons (Fsp3) is 0.409. The molecule has 10 nitrogen and oxygen atoms in total. The number of esters is 1. The van der Waals surface area contributed by atoms with Crippen LogP contribution in [0.15, 0.2) is 104 Å². The van der Waals surface area contributed by atoms with Crippen molar-refractivity contribution >= 4 is 45.3 Å². The van der Waals surface area contributed by atoms with Crippen molar-refractivity contribution in [2.24, 2.45) is 11.8 Å². The summed E-state index contributed by atoms with van der Waals surface area (Å²) in [5, 5.41) is 11.0. The molecule has 3 amide bonds. The Morgan fingerprint density at radius 3 is 2.20 bits per heavy atom. The summed E-state index contributed by atoms with van der Waals surface area (Å²) < 4.78 is 13.3. The van der Waals surface area contributed by atoms with Gasteiger partial charge in [-0.1, -0.05) is 107 Å². The van der Waals surface area contributed by atoms with Crippen molar-refractivity contribution in [3.63, 3.8) is 0 Å². The highest BCUT2D eigenvalue weighted by molar-refractivity contribution is 9.09. The molecule has 9 atom stereocenters. The highest BCUT2D eigenvalue weighted by Gasteiger charge is 2.78. The van der Waals surface area contributed by atoms with E-state index in [1.165, 1.54) is 4.90 Å². The van der Waals surface area contributed by atoms with Crippen LogP contribution in [0.4, 0.5) is 5.69 Å². The zero-order chi connectivity index (χ0) is 39.6. The van der Waals surface area contributed by atoms with E-state index in [-0.39, 0.29) is 25.3 Å². The fourth-order valence-corrected chi connectivity index (χ4v) is 9.85. The van der Waals surface area contributed by atoms with Crippen LogP contribution in [0.25, 0.3) is 0 Å². The van der Waals surface area contributed by atoms with Crippen molar-refractivity contribution in [2.45, 2.75) is 80.8 Å². The Bertz CT molecular complexity index is 1900. The number of nitrogens with zero attached hydrogens (tertiary/aromatic N) is 3. The second-order valence-corrected chi connectivity index (χ2v) is 16.0. The molecule has 6 rings (SSSR count). The fourth-order valence-electron chi connectivity index (χ4n) is 8.90. The normalized spacial score (nSPS) is 25.5. The van der Waals surface area contributed by atoms with Crippen molar-refractivity contribution in [1.29, 1.82) is 0 Å². The SMILES string of the molecule is C=CCCC(=O)N(C)[C@@H](C)[C@@H](OC(=O)[C@@H]1[C@H]2O[C@@]3(CC2Br)[C@H](C(=O)N(CC=C)c2c(C)cccc2C)N([C@H](CO)c2ccccc2)C(=O)[C@@H]13)c1ccccc1. The number of halogens is 1. The number of para-hydroxylation sites is 1. The Morgan fingerprint density at radius 2 is 1.62 bits per heavy atom. The zero-order valence-corrected chi connectivity index (χ0v) is 33.4. The topological polar surface area (TPSA) is 117 Å². The number of carbonyl (C=O) groups excluding carboxylic acids is 4. The summed E-state index contributed by atoms with van der Waals surface area (Å²) in [6.07, 6.45) is 2.71. The molecule has 3 aromatic rings. The Kier molecular flexibility index (Phi) is 12.1. The molecule has 290 valence electrons. The summed E-state index contributed by atoms with van der Waals surface area (Å²) in [5.74, 6) is -3.83. The monoisotopic (exact) mass is 811 g/mol. The maximum absolute atomic E-state index is 15.4.